The molecule has 0 aromatic carbocycles. The van der Waals surface area contributed by atoms with E-state index >= 15 is 0 Å². The van der Waals surface area contributed by atoms with Crippen LogP contribution in [0, 0.1) is 11.3 Å². The first kappa shape index (κ1) is 8.27. The molecule has 5 nitrogen and oxygen atoms in total. The van der Waals surface area contributed by atoms with E-state index in [2.05, 4.69) is 9.97 Å². The van der Waals surface area contributed by atoms with E-state index in [-0.39, 0.29) is 17.3 Å². The molecule has 0 radical (unpaired) electrons. The first-order valence-electron chi connectivity index (χ1n) is 3.43. The van der Waals surface area contributed by atoms with E-state index in [1.165, 1.54) is 6.33 Å². The topological polar surface area (TPSA) is 84.8 Å². The zero-order valence-electron chi connectivity index (χ0n) is 6.61. The lowest BCUT2D eigenvalue weighted by Gasteiger charge is -2.03. The molecule has 0 saturated carbocycles. The number of anilines is 1. The number of nitrogens with zero attached hydrogens (tertiary/aromatic N) is 3. The summed E-state index contributed by atoms with van der Waals surface area (Å²) >= 11 is 0. The highest BCUT2D eigenvalue weighted by molar-refractivity contribution is 5.53. The second-order valence-corrected chi connectivity index (χ2v) is 1.98. The lowest BCUT2D eigenvalue weighted by Crippen LogP contribution is -2.02. The summed E-state index contributed by atoms with van der Waals surface area (Å²) in [4.78, 5) is 7.42. The van der Waals surface area contributed by atoms with E-state index in [1.807, 2.05) is 6.07 Å². The number of nitrogens with two attached hydrogens (primary N) is 1. The summed E-state index contributed by atoms with van der Waals surface area (Å²) in [6.45, 7) is 2.25. The molecule has 0 aliphatic heterocycles. The number of hydrogen-bond donors (Lipinski definition) is 1. The van der Waals surface area contributed by atoms with Crippen LogP contribution in [-0.2, 0) is 0 Å². The van der Waals surface area contributed by atoms with Gasteiger partial charge in [0.25, 0.3) is 0 Å². The molecule has 0 atom stereocenters. The Morgan fingerprint density at radius 2 is 2.42 bits per heavy atom. The van der Waals surface area contributed by atoms with E-state index in [9.17, 15) is 0 Å². The van der Waals surface area contributed by atoms with Crippen molar-refractivity contribution in [3.63, 3.8) is 0 Å². The molecular formula is C7H8N4O. The van der Waals surface area contributed by atoms with Crippen LogP contribution in [-0.4, -0.2) is 16.6 Å². The van der Waals surface area contributed by atoms with Crippen molar-refractivity contribution in [2.24, 2.45) is 0 Å². The van der Waals surface area contributed by atoms with Crippen LogP contribution in [0.3, 0.4) is 0 Å². The van der Waals surface area contributed by atoms with Crippen LogP contribution in [0.2, 0.25) is 0 Å². The molecule has 0 aliphatic carbocycles. The van der Waals surface area contributed by atoms with Gasteiger partial charge in [-0.2, -0.15) is 5.26 Å². The highest BCUT2D eigenvalue weighted by Crippen LogP contribution is 2.17. The molecule has 62 valence electrons. The van der Waals surface area contributed by atoms with Crippen molar-refractivity contribution in [2.75, 3.05) is 12.3 Å². The van der Waals surface area contributed by atoms with Crippen molar-refractivity contribution in [1.82, 2.24) is 9.97 Å². The number of nitriles is 1. The quantitative estimate of drug-likeness (QED) is 0.680. The van der Waals surface area contributed by atoms with E-state index < -0.39 is 0 Å². The summed E-state index contributed by atoms with van der Waals surface area (Å²) < 4.78 is 5.06. The molecule has 0 amide bonds. The number of ether oxygens (including phenoxy) is 1. The zero-order chi connectivity index (χ0) is 8.97. The molecule has 1 rings (SSSR count). The van der Waals surface area contributed by atoms with Crippen molar-refractivity contribution in [2.45, 2.75) is 6.92 Å². The fraction of sp³-hybridized carbons (Fsp3) is 0.286. The van der Waals surface area contributed by atoms with Crippen molar-refractivity contribution in [3.05, 3.63) is 11.9 Å². The Bertz CT molecular complexity index is 318. The first-order valence-corrected chi connectivity index (χ1v) is 3.43. The Labute approximate surface area is 69.8 Å². The van der Waals surface area contributed by atoms with Gasteiger partial charge >= 0.3 is 0 Å². The molecule has 0 bridgehead atoms. The third-order valence-corrected chi connectivity index (χ3v) is 1.23. The van der Waals surface area contributed by atoms with Gasteiger partial charge in [-0.25, -0.2) is 9.97 Å². The van der Waals surface area contributed by atoms with Gasteiger partial charge in [-0.3, -0.25) is 0 Å². The summed E-state index contributed by atoms with van der Waals surface area (Å²) in [7, 11) is 0. The van der Waals surface area contributed by atoms with E-state index in [4.69, 9.17) is 15.7 Å². The predicted molar refractivity (Wildman–Crippen MR) is 42.3 cm³/mol. The molecule has 0 saturated heterocycles. The Kier molecular flexibility index (Phi) is 2.43. The minimum atomic E-state index is 0.149. The lowest BCUT2D eigenvalue weighted by molar-refractivity contribution is 0.325. The Balaban J connectivity index is 3.11. The van der Waals surface area contributed by atoms with Gasteiger partial charge in [0.15, 0.2) is 5.56 Å². The van der Waals surface area contributed by atoms with Gasteiger partial charge in [0.2, 0.25) is 5.88 Å². The first-order chi connectivity index (χ1) is 5.79. The van der Waals surface area contributed by atoms with Crippen LogP contribution < -0.4 is 10.5 Å². The van der Waals surface area contributed by atoms with Crippen LogP contribution in [0.25, 0.3) is 0 Å². The van der Waals surface area contributed by atoms with Gasteiger partial charge in [-0.15, -0.1) is 0 Å². The molecule has 0 fully saturated rings. The van der Waals surface area contributed by atoms with Gasteiger partial charge in [0.1, 0.15) is 18.2 Å². The maximum Gasteiger partial charge on any atom is 0.237 e. The van der Waals surface area contributed by atoms with E-state index in [0.717, 1.165) is 0 Å². The Morgan fingerprint density at radius 3 is 3.00 bits per heavy atom. The van der Waals surface area contributed by atoms with Crippen LogP contribution in [0.15, 0.2) is 6.33 Å². The fourth-order valence-electron chi connectivity index (χ4n) is 0.733. The normalized spacial score (nSPS) is 9.00. The standard InChI is InChI=1S/C7H8N4O/c1-2-12-7-5(3-8)6(9)10-4-11-7/h4H,2H2,1H3,(H2,9,10,11). The van der Waals surface area contributed by atoms with Crippen molar-refractivity contribution in [1.29, 1.82) is 5.26 Å². The van der Waals surface area contributed by atoms with Gasteiger partial charge in [0, 0.05) is 0 Å². The maximum atomic E-state index is 8.64. The zero-order valence-corrected chi connectivity index (χ0v) is 6.61. The van der Waals surface area contributed by atoms with Crippen LogP contribution in [0.4, 0.5) is 5.82 Å². The summed E-state index contributed by atoms with van der Waals surface area (Å²) in [5.74, 6) is 0.392. The minimum absolute atomic E-state index is 0.149. The minimum Gasteiger partial charge on any atom is -0.477 e. The Morgan fingerprint density at radius 1 is 1.67 bits per heavy atom. The highest BCUT2D eigenvalue weighted by Gasteiger charge is 2.08. The molecule has 1 aromatic heterocycles. The van der Waals surface area contributed by atoms with Crippen LogP contribution in [0.1, 0.15) is 12.5 Å². The average Bonchev–Trinajstić information content (AvgIpc) is 2.05. The number of rotatable bonds is 2. The molecule has 1 heterocycles. The molecular weight excluding hydrogens is 156 g/mol. The molecule has 1 aromatic rings. The summed E-state index contributed by atoms with van der Waals surface area (Å²) in [5.41, 5.74) is 5.60. The summed E-state index contributed by atoms with van der Waals surface area (Å²) in [5, 5.41) is 8.64. The summed E-state index contributed by atoms with van der Waals surface area (Å²) in [6, 6.07) is 1.87. The monoisotopic (exact) mass is 164 g/mol. The lowest BCUT2D eigenvalue weighted by atomic mass is 10.3. The fourth-order valence-corrected chi connectivity index (χ4v) is 0.733. The second kappa shape index (κ2) is 3.53. The second-order valence-electron chi connectivity index (χ2n) is 1.98. The molecule has 5 heteroatoms. The van der Waals surface area contributed by atoms with E-state index in [0.29, 0.717) is 6.61 Å². The molecule has 12 heavy (non-hydrogen) atoms. The molecule has 0 unspecified atom stereocenters. The Hall–Kier alpha value is -1.83. The van der Waals surface area contributed by atoms with Crippen molar-refractivity contribution < 1.29 is 4.74 Å². The van der Waals surface area contributed by atoms with E-state index in [1.54, 1.807) is 6.92 Å². The SMILES string of the molecule is CCOc1ncnc(N)c1C#N. The number of hydrogen-bond acceptors (Lipinski definition) is 5. The average molecular weight is 164 g/mol. The van der Waals surface area contributed by atoms with Crippen LogP contribution >= 0.6 is 0 Å². The van der Waals surface area contributed by atoms with Crippen LogP contribution in [0.5, 0.6) is 5.88 Å². The van der Waals surface area contributed by atoms with Gasteiger partial charge < -0.3 is 10.5 Å². The van der Waals surface area contributed by atoms with Gasteiger partial charge in [-0.05, 0) is 6.92 Å². The molecule has 0 spiro atoms. The van der Waals surface area contributed by atoms with Gasteiger partial charge in [-0.1, -0.05) is 0 Å². The molecule has 2 N–H and O–H groups in total. The largest absolute Gasteiger partial charge is 0.477 e. The third kappa shape index (κ3) is 1.42. The maximum absolute atomic E-state index is 8.64. The number of nitrogen functional groups attached to an aromatic ring is 1. The molecule has 0 aliphatic rings. The number of aromatic nitrogens is 2. The van der Waals surface area contributed by atoms with Crippen molar-refractivity contribution >= 4 is 5.82 Å². The predicted octanol–water partition coefficient (Wildman–Crippen LogP) is 0.329. The van der Waals surface area contributed by atoms with Crippen molar-refractivity contribution in [3.8, 4) is 11.9 Å². The van der Waals surface area contributed by atoms with Gasteiger partial charge in [0.05, 0.1) is 6.61 Å². The summed E-state index contributed by atoms with van der Waals surface area (Å²) in [6.07, 6.45) is 1.27. The highest BCUT2D eigenvalue weighted by atomic mass is 16.5. The smallest absolute Gasteiger partial charge is 0.237 e. The third-order valence-electron chi connectivity index (χ3n) is 1.23.